The molecule has 0 heterocycles. The van der Waals surface area contributed by atoms with Gasteiger partial charge in [0, 0.05) is 29.3 Å². The van der Waals surface area contributed by atoms with Crippen LogP contribution >= 0.6 is 11.8 Å². The van der Waals surface area contributed by atoms with E-state index in [0.29, 0.717) is 5.92 Å². The highest BCUT2D eigenvalue weighted by atomic mass is 32.2. The van der Waals surface area contributed by atoms with Gasteiger partial charge in [0.25, 0.3) is 0 Å². The Kier molecular flexibility index (Phi) is 8.01. The van der Waals surface area contributed by atoms with Crippen molar-refractivity contribution in [3.05, 3.63) is 46.1 Å². The lowest BCUT2D eigenvalue weighted by molar-refractivity contribution is 0.397. The second-order valence-corrected chi connectivity index (χ2v) is 8.64. The molecule has 0 atom stereocenters. The maximum atomic E-state index is 5.59. The normalized spacial score (nSPS) is 13.5. The largest absolute Gasteiger partial charge is 0.496 e. The molecule has 26 heavy (non-hydrogen) atoms. The van der Waals surface area contributed by atoms with Crippen LogP contribution in [-0.4, -0.2) is 32.0 Å². The summed E-state index contributed by atoms with van der Waals surface area (Å²) in [5.41, 5.74) is 4.23. The van der Waals surface area contributed by atoms with Crippen LogP contribution in [0.25, 0.3) is 5.70 Å². The van der Waals surface area contributed by atoms with Crippen LogP contribution in [0.3, 0.4) is 0 Å². The number of allylic oxidation sites excluding steroid dienone is 2. The van der Waals surface area contributed by atoms with Crippen molar-refractivity contribution < 1.29 is 4.74 Å². The molecular formula is C22H34N2OS. The molecule has 0 aliphatic carbocycles. The second-order valence-electron chi connectivity index (χ2n) is 7.76. The third-order valence-electron chi connectivity index (χ3n) is 4.34. The van der Waals surface area contributed by atoms with Gasteiger partial charge in [-0.3, -0.25) is 4.99 Å². The van der Waals surface area contributed by atoms with Gasteiger partial charge in [-0.2, -0.15) is 0 Å². The summed E-state index contributed by atoms with van der Waals surface area (Å²) in [7, 11) is 3.80. The molecule has 3 nitrogen and oxygen atoms in total. The first-order valence-corrected chi connectivity index (χ1v) is 10.1. The first-order valence-electron chi connectivity index (χ1n) is 8.91. The van der Waals surface area contributed by atoms with E-state index >= 15 is 0 Å². The number of methoxy groups -OCH3 is 1. The molecule has 1 rings (SSSR count). The third-order valence-corrected chi connectivity index (χ3v) is 5.39. The summed E-state index contributed by atoms with van der Waals surface area (Å²) in [6.45, 7) is 16.8. The quantitative estimate of drug-likeness (QED) is 0.533. The van der Waals surface area contributed by atoms with Crippen LogP contribution in [0.2, 0.25) is 0 Å². The number of thioether (sulfide) groups is 1. The Bertz CT molecular complexity index is 697. The van der Waals surface area contributed by atoms with Gasteiger partial charge < -0.3 is 9.64 Å². The number of benzene rings is 1. The first-order chi connectivity index (χ1) is 12.1. The average Bonchev–Trinajstić information content (AvgIpc) is 2.58. The summed E-state index contributed by atoms with van der Waals surface area (Å²) >= 11 is 1.78. The Hall–Kier alpha value is -1.68. The van der Waals surface area contributed by atoms with E-state index in [-0.39, 0.29) is 5.41 Å². The Morgan fingerprint density at radius 3 is 2.35 bits per heavy atom. The molecular weight excluding hydrogens is 340 g/mol. The minimum Gasteiger partial charge on any atom is -0.496 e. The SMILES string of the molecule is C=N/C(C)=C(/c1ccc(OC)c(C(C)(C)C)c1)N(C)/C=C(\SC)C(C)C. The van der Waals surface area contributed by atoms with E-state index in [2.05, 4.69) is 82.9 Å². The van der Waals surface area contributed by atoms with Crippen LogP contribution in [0.5, 0.6) is 5.75 Å². The van der Waals surface area contributed by atoms with Gasteiger partial charge in [-0.25, -0.2) is 0 Å². The van der Waals surface area contributed by atoms with Gasteiger partial charge in [0.05, 0.1) is 18.5 Å². The molecule has 144 valence electrons. The first kappa shape index (κ1) is 22.4. The van der Waals surface area contributed by atoms with E-state index in [0.717, 1.165) is 22.7 Å². The van der Waals surface area contributed by atoms with Gasteiger partial charge in [-0.05, 0) is 49.4 Å². The van der Waals surface area contributed by atoms with Gasteiger partial charge in [-0.15, -0.1) is 11.8 Å². The lowest BCUT2D eigenvalue weighted by Crippen LogP contribution is -2.16. The molecule has 0 bridgehead atoms. The van der Waals surface area contributed by atoms with Crippen molar-refractivity contribution in [1.82, 2.24) is 4.90 Å². The van der Waals surface area contributed by atoms with Crippen LogP contribution in [0, 0.1) is 5.92 Å². The molecule has 0 aliphatic heterocycles. The monoisotopic (exact) mass is 374 g/mol. The van der Waals surface area contributed by atoms with Gasteiger partial charge >= 0.3 is 0 Å². The Labute approximate surface area is 164 Å². The van der Waals surface area contributed by atoms with E-state index in [1.807, 2.05) is 13.0 Å². The number of nitrogens with zero attached hydrogens (tertiary/aromatic N) is 2. The summed E-state index contributed by atoms with van der Waals surface area (Å²) in [4.78, 5) is 7.70. The molecule has 0 spiro atoms. The van der Waals surface area contributed by atoms with E-state index in [4.69, 9.17) is 4.74 Å². The molecule has 0 aliphatic rings. The van der Waals surface area contributed by atoms with Crippen LogP contribution in [0.4, 0.5) is 0 Å². The third kappa shape index (κ3) is 5.41. The summed E-state index contributed by atoms with van der Waals surface area (Å²) in [6, 6.07) is 6.35. The van der Waals surface area contributed by atoms with Gasteiger partial charge in [0.2, 0.25) is 0 Å². The summed E-state index contributed by atoms with van der Waals surface area (Å²) in [5.74, 6) is 1.39. The van der Waals surface area contributed by atoms with Gasteiger partial charge in [0.15, 0.2) is 0 Å². The number of hydrogen-bond donors (Lipinski definition) is 0. The molecule has 0 saturated carbocycles. The number of rotatable bonds is 7. The van der Waals surface area contributed by atoms with Crippen LogP contribution < -0.4 is 4.74 Å². The molecule has 1 aromatic carbocycles. The van der Waals surface area contributed by atoms with Crippen molar-refractivity contribution >= 4 is 24.2 Å². The summed E-state index contributed by atoms with van der Waals surface area (Å²) in [5, 5.41) is 0. The number of aliphatic imine (C=N–C) groups is 1. The van der Waals surface area contributed by atoms with Crippen LogP contribution in [0.15, 0.2) is 40.0 Å². The van der Waals surface area contributed by atoms with Gasteiger partial charge in [0.1, 0.15) is 5.75 Å². The highest BCUT2D eigenvalue weighted by Crippen LogP contribution is 2.35. The van der Waals surface area contributed by atoms with Crippen molar-refractivity contribution in [1.29, 1.82) is 0 Å². The predicted molar refractivity (Wildman–Crippen MR) is 118 cm³/mol. The van der Waals surface area contributed by atoms with Crippen molar-refractivity contribution in [2.24, 2.45) is 10.9 Å². The molecule has 0 unspecified atom stereocenters. The molecule has 0 aromatic heterocycles. The molecule has 0 fully saturated rings. The van der Waals surface area contributed by atoms with E-state index < -0.39 is 0 Å². The number of ether oxygens (including phenoxy) is 1. The fraction of sp³-hybridized carbons (Fsp3) is 0.500. The second kappa shape index (κ2) is 9.31. The summed E-state index contributed by atoms with van der Waals surface area (Å²) < 4.78 is 5.59. The Morgan fingerprint density at radius 2 is 1.92 bits per heavy atom. The average molecular weight is 375 g/mol. The van der Waals surface area contributed by atoms with Crippen LogP contribution in [-0.2, 0) is 5.41 Å². The predicted octanol–water partition coefficient (Wildman–Crippen LogP) is 6.17. The zero-order valence-electron chi connectivity index (χ0n) is 17.8. The van der Waals surface area contributed by atoms with Crippen molar-refractivity contribution in [3.8, 4) is 5.75 Å². The standard InChI is InChI=1S/C22H34N2OS/c1-15(2)20(26-10)14-24(8)21(16(3)23-7)17-11-12-19(25-9)18(13-17)22(4,5)6/h11-15H,7H2,1-6,8-10H3/b20-14-,21-16-. The van der Waals surface area contributed by atoms with E-state index in [1.165, 1.54) is 10.5 Å². The van der Waals surface area contributed by atoms with Gasteiger partial charge in [-0.1, -0.05) is 34.6 Å². The Balaban J connectivity index is 3.57. The molecule has 0 N–H and O–H groups in total. The highest BCUT2D eigenvalue weighted by molar-refractivity contribution is 8.02. The smallest absolute Gasteiger partial charge is 0.122 e. The number of hydrogen-bond acceptors (Lipinski definition) is 4. The van der Waals surface area contributed by atoms with Crippen molar-refractivity contribution in [2.45, 2.75) is 47.0 Å². The lowest BCUT2D eigenvalue weighted by Gasteiger charge is -2.26. The minimum atomic E-state index is -0.0151. The van der Waals surface area contributed by atoms with E-state index in [9.17, 15) is 0 Å². The zero-order valence-corrected chi connectivity index (χ0v) is 18.6. The lowest BCUT2D eigenvalue weighted by atomic mass is 9.85. The van der Waals surface area contributed by atoms with Crippen molar-refractivity contribution in [2.75, 3.05) is 20.4 Å². The maximum absolute atomic E-state index is 5.59. The topological polar surface area (TPSA) is 24.8 Å². The molecule has 4 heteroatoms. The van der Waals surface area contributed by atoms with Crippen LogP contribution in [0.1, 0.15) is 52.7 Å². The highest BCUT2D eigenvalue weighted by Gasteiger charge is 2.21. The molecule has 1 aromatic rings. The molecule has 0 saturated heterocycles. The Morgan fingerprint density at radius 1 is 1.31 bits per heavy atom. The fourth-order valence-corrected chi connectivity index (χ4v) is 3.61. The molecule has 0 radical (unpaired) electrons. The summed E-state index contributed by atoms with van der Waals surface area (Å²) in [6.07, 6.45) is 4.31. The zero-order chi connectivity index (χ0) is 20.1. The minimum absolute atomic E-state index is 0.0151. The molecule has 0 amide bonds. The van der Waals surface area contributed by atoms with Crippen molar-refractivity contribution in [3.63, 3.8) is 0 Å². The fourth-order valence-electron chi connectivity index (χ4n) is 2.88. The maximum Gasteiger partial charge on any atom is 0.122 e. The van der Waals surface area contributed by atoms with E-state index in [1.54, 1.807) is 18.9 Å².